The molecule has 112 valence electrons. The van der Waals surface area contributed by atoms with Gasteiger partial charge in [-0.25, -0.2) is 0 Å². The first-order chi connectivity index (χ1) is 9.29. The number of hydrogen-bond acceptors (Lipinski definition) is 3. The van der Waals surface area contributed by atoms with E-state index in [1.54, 1.807) is 7.11 Å². The van der Waals surface area contributed by atoms with Gasteiger partial charge < -0.3 is 14.2 Å². The molecule has 0 aromatic carbocycles. The molecule has 0 amide bonds. The summed E-state index contributed by atoms with van der Waals surface area (Å²) in [6.07, 6.45) is 9.41. The van der Waals surface area contributed by atoms with Gasteiger partial charge in [0.1, 0.15) is 0 Å². The van der Waals surface area contributed by atoms with Gasteiger partial charge in [0.25, 0.3) is 0 Å². The number of halogens is 1. The fourth-order valence-corrected chi connectivity index (χ4v) is 4.53. The highest BCUT2D eigenvalue weighted by molar-refractivity contribution is 9.09. The van der Waals surface area contributed by atoms with E-state index < -0.39 is 0 Å². The molecule has 2 aliphatic carbocycles. The van der Waals surface area contributed by atoms with Gasteiger partial charge in [-0.2, -0.15) is 0 Å². The SMILES string of the molecule is COCCCOCCOC1CC(Br)C12CCCCC2. The fraction of sp³-hybridized carbons (Fsp3) is 1.00. The van der Waals surface area contributed by atoms with E-state index in [0.29, 0.717) is 23.0 Å². The van der Waals surface area contributed by atoms with Gasteiger partial charge in [-0.1, -0.05) is 35.2 Å². The molecule has 2 aliphatic rings. The Morgan fingerprint density at radius 3 is 2.53 bits per heavy atom. The first-order valence-corrected chi connectivity index (χ1v) is 8.53. The Morgan fingerprint density at radius 2 is 1.84 bits per heavy atom. The predicted molar refractivity (Wildman–Crippen MR) is 79.9 cm³/mol. The fourth-order valence-electron chi connectivity index (χ4n) is 3.43. The Labute approximate surface area is 125 Å². The van der Waals surface area contributed by atoms with Gasteiger partial charge in [-0.15, -0.1) is 0 Å². The Bertz CT molecular complexity index is 254. The van der Waals surface area contributed by atoms with Crippen LogP contribution in [0.5, 0.6) is 0 Å². The maximum Gasteiger partial charge on any atom is 0.0704 e. The molecule has 2 fully saturated rings. The van der Waals surface area contributed by atoms with Crippen molar-refractivity contribution in [2.75, 3.05) is 33.5 Å². The predicted octanol–water partition coefficient (Wildman–Crippen LogP) is 3.54. The van der Waals surface area contributed by atoms with Crippen LogP contribution in [-0.4, -0.2) is 44.5 Å². The third-order valence-corrected chi connectivity index (χ3v) is 5.94. The lowest BCUT2D eigenvalue weighted by molar-refractivity contribution is -0.129. The van der Waals surface area contributed by atoms with Crippen LogP contribution in [0.15, 0.2) is 0 Å². The Balaban J connectivity index is 1.58. The van der Waals surface area contributed by atoms with E-state index in [1.165, 1.54) is 38.5 Å². The molecule has 2 rings (SSSR count). The number of methoxy groups -OCH3 is 1. The summed E-state index contributed by atoms with van der Waals surface area (Å²) >= 11 is 3.85. The van der Waals surface area contributed by atoms with Crippen LogP contribution in [-0.2, 0) is 14.2 Å². The topological polar surface area (TPSA) is 27.7 Å². The molecule has 0 N–H and O–H groups in total. The highest BCUT2D eigenvalue weighted by atomic mass is 79.9. The van der Waals surface area contributed by atoms with Gasteiger partial charge in [0.05, 0.1) is 19.3 Å². The molecule has 2 unspecified atom stereocenters. The molecule has 2 saturated carbocycles. The van der Waals surface area contributed by atoms with Crippen LogP contribution >= 0.6 is 15.9 Å². The first-order valence-electron chi connectivity index (χ1n) is 7.62. The molecule has 0 bridgehead atoms. The zero-order valence-electron chi connectivity index (χ0n) is 12.0. The van der Waals surface area contributed by atoms with Gasteiger partial charge in [-0.05, 0) is 25.7 Å². The second-order valence-corrected chi connectivity index (χ2v) is 6.92. The monoisotopic (exact) mass is 334 g/mol. The zero-order valence-corrected chi connectivity index (χ0v) is 13.6. The standard InChI is InChI=1S/C15H27BrO3/c1-17-8-5-9-18-10-11-19-14-12-13(16)15(14)6-3-2-4-7-15/h13-14H,2-12H2,1H3. The minimum atomic E-state index is 0.439. The van der Waals surface area contributed by atoms with Crippen LogP contribution in [0.4, 0.5) is 0 Å². The van der Waals surface area contributed by atoms with E-state index in [1.807, 2.05) is 0 Å². The Hall–Kier alpha value is 0.360. The maximum absolute atomic E-state index is 6.06. The van der Waals surface area contributed by atoms with Gasteiger partial charge >= 0.3 is 0 Å². The van der Waals surface area contributed by atoms with Gasteiger partial charge in [0, 0.05) is 30.6 Å². The van der Waals surface area contributed by atoms with Crippen molar-refractivity contribution in [2.45, 2.75) is 55.9 Å². The number of hydrogen-bond donors (Lipinski definition) is 0. The van der Waals surface area contributed by atoms with Crippen molar-refractivity contribution in [3.8, 4) is 0 Å². The molecule has 0 saturated heterocycles. The van der Waals surface area contributed by atoms with Crippen molar-refractivity contribution in [3.63, 3.8) is 0 Å². The van der Waals surface area contributed by atoms with Crippen LogP contribution in [0.1, 0.15) is 44.9 Å². The molecule has 0 heterocycles. The highest BCUT2D eigenvalue weighted by Crippen LogP contribution is 2.56. The maximum atomic E-state index is 6.06. The minimum Gasteiger partial charge on any atom is -0.385 e. The van der Waals surface area contributed by atoms with Crippen LogP contribution in [0.3, 0.4) is 0 Å². The summed E-state index contributed by atoms with van der Waals surface area (Å²) in [6.45, 7) is 2.99. The van der Waals surface area contributed by atoms with Crippen LogP contribution in [0, 0.1) is 5.41 Å². The van der Waals surface area contributed by atoms with Crippen LogP contribution in [0.2, 0.25) is 0 Å². The molecule has 1 spiro atoms. The average Bonchev–Trinajstić information content (AvgIpc) is 2.46. The summed E-state index contributed by atoms with van der Waals surface area (Å²) in [5, 5.41) is 0. The molecule has 0 aromatic rings. The van der Waals surface area contributed by atoms with Crippen molar-refractivity contribution in [2.24, 2.45) is 5.41 Å². The summed E-state index contributed by atoms with van der Waals surface area (Å²) in [5.74, 6) is 0. The molecule has 0 radical (unpaired) electrons. The third-order valence-electron chi connectivity index (χ3n) is 4.65. The normalized spacial score (nSPS) is 29.4. The van der Waals surface area contributed by atoms with E-state index in [4.69, 9.17) is 14.2 Å². The molecule has 2 atom stereocenters. The van der Waals surface area contributed by atoms with Crippen molar-refractivity contribution in [1.29, 1.82) is 0 Å². The van der Waals surface area contributed by atoms with E-state index in [2.05, 4.69) is 15.9 Å². The van der Waals surface area contributed by atoms with E-state index in [9.17, 15) is 0 Å². The van der Waals surface area contributed by atoms with Crippen molar-refractivity contribution in [3.05, 3.63) is 0 Å². The quantitative estimate of drug-likeness (QED) is 0.502. The lowest BCUT2D eigenvalue weighted by Crippen LogP contribution is -2.56. The van der Waals surface area contributed by atoms with Crippen molar-refractivity contribution >= 4 is 15.9 Å². The molecule has 4 heteroatoms. The Morgan fingerprint density at radius 1 is 1.05 bits per heavy atom. The van der Waals surface area contributed by atoms with E-state index in [0.717, 1.165) is 26.2 Å². The molecule has 3 nitrogen and oxygen atoms in total. The number of ether oxygens (including phenoxy) is 3. The average molecular weight is 335 g/mol. The molecular weight excluding hydrogens is 308 g/mol. The highest BCUT2D eigenvalue weighted by Gasteiger charge is 2.54. The molecule has 0 aliphatic heterocycles. The lowest BCUT2D eigenvalue weighted by atomic mass is 9.58. The van der Waals surface area contributed by atoms with Crippen molar-refractivity contribution in [1.82, 2.24) is 0 Å². The number of alkyl halides is 1. The summed E-state index contributed by atoms with van der Waals surface area (Å²) in [4.78, 5) is 0.674. The molecule has 0 aromatic heterocycles. The largest absolute Gasteiger partial charge is 0.385 e. The van der Waals surface area contributed by atoms with Crippen LogP contribution < -0.4 is 0 Å². The van der Waals surface area contributed by atoms with Gasteiger partial charge in [0.2, 0.25) is 0 Å². The van der Waals surface area contributed by atoms with Crippen LogP contribution in [0.25, 0.3) is 0 Å². The molecule has 19 heavy (non-hydrogen) atoms. The second kappa shape index (κ2) is 7.96. The third kappa shape index (κ3) is 3.93. The summed E-state index contributed by atoms with van der Waals surface area (Å²) in [5.41, 5.74) is 0.439. The smallest absolute Gasteiger partial charge is 0.0704 e. The summed E-state index contributed by atoms with van der Waals surface area (Å²) in [7, 11) is 1.72. The van der Waals surface area contributed by atoms with E-state index >= 15 is 0 Å². The van der Waals surface area contributed by atoms with E-state index in [-0.39, 0.29) is 0 Å². The summed E-state index contributed by atoms with van der Waals surface area (Å²) in [6, 6.07) is 0. The second-order valence-electron chi connectivity index (χ2n) is 5.82. The first kappa shape index (κ1) is 15.7. The minimum absolute atomic E-state index is 0.439. The summed E-state index contributed by atoms with van der Waals surface area (Å²) < 4.78 is 16.6. The Kier molecular flexibility index (Phi) is 6.60. The van der Waals surface area contributed by atoms with Crippen molar-refractivity contribution < 1.29 is 14.2 Å². The zero-order chi connectivity index (χ0) is 13.6. The lowest BCUT2D eigenvalue weighted by Gasteiger charge is -2.55. The van der Waals surface area contributed by atoms with Gasteiger partial charge in [0.15, 0.2) is 0 Å². The number of rotatable bonds is 8. The van der Waals surface area contributed by atoms with Gasteiger partial charge in [-0.3, -0.25) is 0 Å². The molecular formula is C15H27BrO3.